The molecular formula is C15H29BrN2. The van der Waals surface area contributed by atoms with E-state index in [1.807, 2.05) is 0 Å². The van der Waals surface area contributed by atoms with Crippen LogP contribution in [0.15, 0.2) is 0 Å². The summed E-state index contributed by atoms with van der Waals surface area (Å²) in [6.07, 6.45) is 7.18. The van der Waals surface area contributed by atoms with E-state index in [0.29, 0.717) is 5.41 Å². The Morgan fingerprint density at radius 2 is 1.83 bits per heavy atom. The highest BCUT2D eigenvalue weighted by Crippen LogP contribution is 2.39. The van der Waals surface area contributed by atoms with Crippen LogP contribution in [-0.4, -0.2) is 54.9 Å². The van der Waals surface area contributed by atoms with Crippen LogP contribution < -0.4 is 0 Å². The molecule has 0 spiro atoms. The molecular weight excluding hydrogens is 288 g/mol. The van der Waals surface area contributed by atoms with Gasteiger partial charge in [-0.25, -0.2) is 0 Å². The first-order valence-corrected chi connectivity index (χ1v) is 8.63. The molecule has 1 aliphatic carbocycles. The van der Waals surface area contributed by atoms with Gasteiger partial charge in [0.1, 0.15) is 0 Å². The van der Waals surface area contributed by atoms with Gasteiger partial charge in [-0.1, -0.05) is 42.1 Å². The van der Waals surface area contributed by atoms with Crippen molar-refractivity contribution in [1.82, 2.24) is 9.80 Å². The maximum absolute atomic E-state index is 3.80. The largest absolute Gasteiger partial charge is 0.305 e. The monoisotopic (exact) mass is 316 g/mol. The summed E-state index contributed by atoms with van der Waals surface area (Å²) < 4.78 is 0. The topological polar surface area (TPSA) is 6.48 Å². The minimum atomic E-state index is 0.569. The third-order valence-corrected chi connectivity index (χ3v) is 6.26. The number of likely N-dealkylation sites (N-methyl/N-ethyl adjacent to an activating group) is 1. The molecule has 106 valence electrons. The van der Waals surface area contributed by atoms with Crippen molar-refractivity contribution in [3.8, 4) is 0 Å². The molecule has 2 fully saturated rings. The van der Waals surface area contributed by atoms with E-state index in [0.717, 1.165) is 12.0 Å². The standard InChI is InChI=1S/C15H29BrN2/c1-13-9-18(10-14(13)17(2)3)12-15(11-16)7-5-4-6-8-15/h13-14H,4-12H2,1-3H3. The molecule has 0 aromatic heterocycles. The number of nitrogens with zero attached hydrogens (tertiary/aromatic N) is 2. The molecule has 0 bridgehead atoms. The smallest absolute Gasteiger partial charge is 0.0254 e. The van der Waals surface area contributed by atoms with Gasteiger partial charge in [-0.05, 0) is 38.3 Å². The van der Waals surface area contributed by atoms with Gasteiger partial charge in [0, 0.05) is 31.0 Å². The number of hydrogen-bond donors (Lipinski definition) is 0. The Labute approximate surface area is 121 Å². The van der Waals surface area contributed by atoms with Crippen molar-refractivity contribution in [2.75, 3.05) is 39.1 Å². The quantitative estimate of drug-likeness (QED) is 0.735. The Bertz CT molecular complexity index is 261. The molecule has 2 rings (SSSR count). The van der Waals surface area contributed by atoms with E-state index < -0.39 is 0 Å². The molecule has 1 saturated heterocycles. The molecule has 0 N–H and O–H groups in total. The van der Waals surface area contributed by atoms with Gasteiger partial charge in [-0.3, -0.25) is 0 Å². The number of halogens is 1. The summed E-state index contributed by atoms with van der Waals surface area (Å²) in [7, 11) is 4.46. The van der Waals surface area contributed by atoms with Crippen molar-refractivity contribution in [2.24, 2.45) is 11.3 Å². The van der Waals surface area contributed by atoms with Crippen molar-refractivity contribution < 1.29 is 0 Å². The minimum absolute atomic E-state index is 0.569. The maximum Gasteiger partial charge on any atom is 0.0254 e. The van der Waals surface area contributed by atoms with Crippen LogP contribution in [0.3, 0.4) is 0 Å². The van der Waals surface area contributed by atoms with Crippen LogP contribution in [0.25, 0.3) is 0 Å². The second-order valence-corrected chi connectivity index (χ2v) is 7.46. The van der Waals surface area contributed by atoms with Crippen LogP contribution in [0.4, 0.5) is 0 Å². The van der Waals surface area contributed by atoms with Crippen LogP contribution >= 0.6 is 15.9 Å². The van der Waals surface area contributed by atoms with Crippen molar-refractivity contribution in [2.45, 2.75) is 45.1 Å². The van der Waals surface area contributed by atoms with Crippen LogP contribution in [0.1, 0.15) is 39.0 Å². The molecule has 2 atom stereocenters. The summed E-state index contributed by atoms with van der Waals surface area (Å²) in [5, 5.41) is 1.19. The highest BCUT2D eigenvalue weighted by atomic mass is 79.9. The van der Waals surface area contributed by atoms with Crippen LogP contribution in [-0.2, 0) is 0 Å². The maximum atomic E-state index is 3.80. The number of likely N-dealkylation sites (tertiary alicyclic amines) is 1. The number of hydrogen-bond acceptors (Lipinski definition) is 2. The highest BCUT2D eigenvalue weighted by molar-refractivity contribution is 9.09. The van der Waals surface area contributed by atoms with Gasteiger partial charge >= 0.3 is 0 Å². The van der Waals surface area contributed by atoms with Gasteiger partial charge in [0.25, 0.3) is 0 Å². The lowest BCUT2D eigenvalue weighted by Crippen LogP contribution is -2.41. The van der Waals surface area contributed by atoms with Crippen molar-refractivity contribution in [1.29, 1.82) is 0 Å². The van der Waals surface area contributed by atoms with Gasteiger partial charge in [-0.2, -0.15) is 0 Å². The molecule has 3 heteroatoms. The average molecular weight is 317 g/mol. The number of rotatable bonds is 4. The van der Waals surface area contributed by atoms with Crippen LogP contribution in [0.5, 0.6) is 0 Å². The molecule has 18 heavy (non-hydrogen) atoms. The van der Waals surface area contributed by atoms with Gasteiger partial charge in [0.2, 0.25) is 0 Å². The summed E-state index contributed by atoms with van der Waals surface area (Å²) in [5.74, 6) is 0.816. The first-order valence-electron chi connectivity index (χ1n) is 7.51. The summed E-state index contributed by atoms with van der Waals surface area (Å²) in [6.45, 7) is 6.28. The predicted molar refractivity (Wildman–Crippen MR) is 82.4 cm³/mol. The predicted octanol–water partition coefficient (Wildman–Crippen LogP) is 3.21. The van der Waals surface area contributed by atoms with E-state index in [1.54, 1.807) is 0 Å². The SMILES string of the molecule is CC1CN(CC2(CBr)CCCCC2)CC1N(C)C. The Morgan fingerprint density at radius 1 is 1.17 bits per heavy atom. The van der Waals surface area contributed by atoms with E-state index in [1.165, 1.54) is 57.1 Å². The lowest BCUT2D eigenvalue weighted by molar-refractivity contribution is 0.138. The van der Waals surface area contributed by atoms with E-state index in [9.17, 15) is 0 Å². The third kappa shape index (κ3) is 3.29. The first kappa shape index (κ1) is 14.8. The summed E-state index contributed by atoms with van der Waals surface area (Å²) in [4.78, 5) is 5.13. The molecule has 0 amide bonds. The van der Waals surface area contributed by atoms with E-state index in [4.69, 9.17) is 0 Å². The summed E-state index contributed by atoms with van der Waals surface area (Å²) in [6, 6.07) is 0.751. The Balaban J connectivity index is 1.93. The third-order valence-electron chi connectivity index (χ3n) is 5.07. The second kappa shape index (κ2) is 6.23. The van der Waals surface area contributed by atoms with Crippen molar-refractivity contribution >= 4 is 15.9 Å². The molecule has 1 aliphatic heterocycles. The molecule has 1 heterocycles. The average Bonchev–Trinajstić information content (AvgIpc) is 2.71. The zero-order valence-electron chi connectivity index (χ0n) is 12.3. The molecule has 1 saturated carbocycles. The fourth-order valence-corrected chi connectivity index (χ4v) is 4.70. The lowest BCUT2D eigenvalue weighted by atomic mass is 9.75. The fraction of sp³-hybridized carbons (Fsp3) is 1.00. The lowest BCUT2D eigenvalue weighted by Gasteiger charge is -2.39. The van der Waals surface area contributed by atoms with Gasteiger partial charge in [0.15, 0.2) is 0 Å². The second-order valence-electron chi connectivity index (χ2n) is 6.90. The van der Waals surface area contributed by atoms with Crippen LogP contribution in [0.2, 0.25) is 0 Å². The first-order chi connectivity index (χ1) is 8.56. The van der Waals surface area contributed by atoms with Crippen LogP contribution in [0, 0.1) is 11.3 Å². The van der Waals surface area contributed by atoms with Gasteiger partial charge in [-0.15, -0.1) is 0 Å². The molecule has 2 unspecified atom stereocenters. The Hall–Kier alpha value is 0.400. The summed E-state index contributed by atoms with van der Waals surface area (Å²) in [5.41, 5.74) is 0.569. The van der Waals surface area contributed by atoms with E-state index in [-0.39, 0.29) is 0 Å². The van der Waals surface area contributed by atoms with E-state index in [2.05, 4.69) is 46.7 Å². The molecule has 2 aliphatic rings. The Morgan fingerprint density at radius 3 is 2.33 bits per heavy atom. The van der Waals surface area contributed by atoms with Crippen molar-refractivity contribution in [3.05, 3.63) is 0 Å². The zero-order chi connectivity index (χ0) is 13.2. The van der Waals surface area contributed by atoms with E-state index >= 15 is 0 Å². The summed E-state index contributed by atoms with van der Waals surface area (Å²) >= 11 is 3.80. The number of alkyl halides is 1. The molecule has 0 aromatic carbocycles. The molecule has 2 nitrogen and oxygen atoms in total. The highest BCUT2D eigenvalue weighted by Gasteiger charge is 2.37. The molecule has 0 radical (unpaired) electrons. The minimum Gasteiger partial charge on any atom is -0.305 e. The van der Waals surface area contributed by atoms with Gasteiger partial charge < -0.3 is 9.80 Å². The van der Waals surface area contributed by atoms with Gasteiger partial charge in [0.05, 0.1) is 0 Å². The Kier molecular flexibility index (Phi) is 5.13. The molecule has 0 aromatic rings. The normalized spacial score (nSPS) is 33.2. The fourth-order valence-electron chi connectivity index (χ4n) is 3.96. The van der Waals surface area contributed by atoms with Crippen molar-refractivity contribution in [3.63, 3.8) is 0 Å². The zero-order valence-corrected chi connectivity index (χ0v) is 13.9.